The zero-order chi connectivity index (χ0) is 7.56. The molecule has 10 heavy (non-hydrogen) atoms. The molecule has 1 heterocycles. The third-order valence-corrected chi connectivity index (χ3v) is 1.62. The molecule has 0 aromatic rings. The third-order valence-electron chi connectivity index (χ3n) is 1.62. The average molecular weight is 150 g/mol. The molecular formula is C6H11FO3. The summed E-state index contributed by atoms with van der Waals surface area (Å²) in [5.74, 6) is 0. The van der Waals surface area contributed by atoms with Gasteiger partial charge in [0.2, 0.25) is 0 Å². The molecule has 0 aromatic carbocycles. The highest BCUT2D eigenvalue weighted by Gasteiger charge is 2.28. The van der Waals surface area contributed by atoms with Crippen molar-refractivity contribution in [3.63, 3.8) is 0 Å². The number of ether oxygens (including phenoxy) is 1. The fraction of sp³-hybridized carbons (Fsp3) is 1.00. The van der Waals surface area contributed by atoms with Gasteiger partial charge in [0.05, 0.1) is 25.4 Å². The number of alkyl halides is 1. The Bertz CT molecular complexity index is 109. The van der Waals surface area contributed by atoms with Crippen LogP contribution < -0.4 is 0 Å². The zero-order valence-corrected chi connectivity index (χ0v) is 5.53. The highest BCUT2D eigenvalue weighted by Crippen LogP contribution is 2.15. The number of aliphatic hydroxyl groups is 2. The SMILES string of the molecule is OC[C@@H]1C[C@H](O)[C@H](F)CO1. The first-order chi connectivity index (χ1) is 4.74. The molecule has 0 radical (unpaired) electrons. The molecule has 0 aromatic heterocycles. The van der Waals surface area contributed by atoms with E-state index in [9.17, 15) is 4.39 Å². The van der Waals surface area contributed by atoms with Crippen LogP contribution in [0.25, 0.3) is 0 Å². The molecule has 2 N–H and O–H groups in total. The van der Waals surface area contributed by atoms with E-state index in [-0.39, 0.29) is 25.7 Å². The molecule has 4 heteroatoms. The molecule has 0 aliphatic carbocycles. The molecule has 3 nitrogen and oxygen atoms in total. The summed E-state index contributed by atoms with van der Waals surface area (Å²) in [4.78, 5) is 0. The van der Waals surface area contributed by atoms with Gasteiger partial charge in [-0.25, -0.2) is 4.39 Å². The minimum atomic E-state index is -1.29. The van der Waals surface area contributed by atoms with E-state index in [2.05, 4.69) is 0 Å². The monoisotopic (exact) mass is 150 g/mol. The molecule has 1 aliphatic rings. The van der Waals surface area contributed by atoms with Gasteiger partial charge in [-0.05, 0) is 0 Å². The van der Waals surface area contributed by atoms with Gasteiger partial charge in [0.15, 0.2) is 0 Å². The van der Waals surface area contributed by atoms with Crippen molar-refractivity contribution in [3.05, 3.63) is 0 Å². The molecule has 1 aliphatic heterocycles. The van der Waals surface area contributed by atoms with Crippen molar-refractivity contribution in [2.75, 3.05) is 13.2 Å². The Kier molecular flexibility index (Phi) is 2.59. The number of hydrogen-bond donors (Lipinski definition) is 2. The molecule has 3 atom stereocenters. The van der Waals surface area contributed by atoms with Gasteiger partial charge in [0, 0.05) is 6.42 Å². The lowest BCUT2D eigenvalue weighted by Gasteiger charge is -2.27. The fourth-order valence-electron chi connectivity index (χ4n) is 0.951. The minimum Gasteiger partial charge on any atom is -0.394 e. The molecule has 1 saturated heterocycles. The van der Waals surface area contributed by atoms with Crippen molar-refractivity contribution in [1.29, 1.82) is 0 Å². The Morgan fingerprint density at radius 1 is 1.60 bits per heavy atom. The Morgan fingerprint density at radius 2 is 2.30 bits per heavy atom. The lowest BCUT2D eigenvalue weighted by molar-refractivity contribution is -0.106. The number of aliphatic hydroxyl groups excluding tert-OH is 2. The number of hydrogen-bond acceptors (Lipinski definition) is 3. The summed E-state index contributed by atoms with van der Waals surface area (Å²) in [7, 11) is 0. The first kappa shape index (κ1) is 7.91. The van der Waals surface area contributed by atoms with Crippen molar-refractivity contribution in [2.45, 2.75) is 24.8 Å². The molecule has 0 amide bonds. The van der Waals surface area contributed by atoms with E-state index in [0.29, 0.717) is 0 Å². The summed E-state index contributed by atoms with van der Waals surface area (Å²) in [5.41, 5.74) is 0. The predicted octanol–water partition coefficient (Wildman–Crippen LogP) is -0.533. The van der Waals surface area contributed by atoms with Gasteiger partial charge in [-0.3, -0.25) is 0 Å². The van der Waals surface area contributed by atoms with Gasteiger partial charge in [-0.2, -0.15) is 0 Å². The van der Waals surface area contributed by atoms with Crippen LogP contribution in [0.15, 0.2) is 0 Å². The van der Waals surface area contributed by atoms with Crippen LogP contribution in [0, 0.1) is 0 Å². The lowest BCUT2D eigenvalue weighted by Crippen LogP contribution is -2.40. The summed E-state index contributed by atoms with van der Waals surface area (Å²) in [5, 5.41) is 17.4. The predicted molar refractivity (Wildman–Crippen MR) is 32.3 cm³/mol. The van der Waals surface area contributed by atoms with Gasteiger partial charge < -0.3 is 14.9 Å². The van der Waals surface area contributed by atoms with Crippen molar-refractivity contribution < 1.29 is 19.3 Å². The third kappa shape index (κ3) is 1.65. The van der Waals surface area contributed by atoms with Gasteiger partial charge in [0.25, 0.3) is 0 Å². The van der Waals surface area contributed by atoms with E-state index >= 15 is 0 Å². The average Bonchev–Trinajstić information content (AvgIpc) is 1.95. The molecule has 0 saturated carbocycles. The quantitative estimate of drug-likeness (QED) is 0.528. The lowest BCUT2D eigenvalue weighted by atomic mass is 10.1. The van der Waals surface area contributed by atoms with Gasteiger partial charge in [-0.15, -0.1) is 0 Å². The van der Waals surface area contributed by atoms with Crippen molar-refractivity contribution in [2.24, 2.45) is 0 Å². The molecule has 1 rings (SSSR count). The van der Waals surface area contributed by atoms with E-state index in [1.807, 2.05) is 0 Å². The van der Waals surface area contributed by atoms with Crippen molar-refractivity contribution >= 4 is 0 Å². The maximum Gasteiger partial charge on any atom is 0.149 e. The van der Waals surface area contributed by atoms with E-state index in [0.717, 1.165) is 0 Å². The van der Waals surface area contributed by atoms with Gasteiger partial charge in [0.1, 0.15) is 6.17 Å². The maximum atomic E-state index is 12.4. The van der Waals surface area contributed by atoms with Crippen LogP contribution >= 0.6 is 0 Å². The molecule has 1 fully saturated rings. The Balaban J connectivity index is 2.33. The normalized spacial score (nSPS) is 41.7. The minimum absolute atomic E-state index is 0.105. The standard InChI is InChI=1S/C6H11FO3/c7-5-3-10-4(2-8)1-6(5)9/h4-6,8-9H,1-3H2/t4-,5+,6-/m0/s1. The molecule has 0 unspecified atom stereocenters. The van der Waals surface area contributed by atoms with Crippen LogP contribution in [0.2, 0.25) is 0 Å². The second-order valence-corrected chi connectivity index (χ2v) is 2.46. The summed E-state index contributed by atoms with van der Waals surface area (Å²) in [6, 6.07) is 0. The first-order valence-corrected chi connectivity index (χ1v) is 3.28. The highest BCUT2D eigenvalue weighted by atomic mass is 19.1. The maximum absolute atomic E-state index is 12.4. The molecular weight excluding hydrogens is 139 g/mol. The topological polar surface area (TPSA) is 49.7 Å². The Labute approximate surface area is 58.4 Å². The van der Waals surface area contributed by atoms with Crippen LogP contribution in [0.1, 0.15) is 6.42 Å². The number of halogens is 1. The first-order valence-electron chi connectivity index (χ1n) is 3.28. The number of rotatable bonds is 1. The van der Waals surface area contributed by atoms with Crippen molar-refractivity contribution in [3.8, 4) is 0 Å². The van der Waals surface area contributed by atoms with Crippen LogP contribution in [-0.2, 0) is 4.74 Å². The largest absolute Gasteiger partial charge is 0.394 e. The van der Waals surface area contributed by atoms with E-state index in [1.54, 1.807) is 0 Å². The van der Waals surface area contributed by atoms with Crippen molar-refractivity contribution in [1.82, 2.24) is 0 Å². The summed E-state index contributed by atoms with van der Waals surface area (Å²) < 4.78 is 17.3. The van der Waals surface area contributed by atoms with Crippen LogP contribution in [-0.4, -0.2) is 41.8 Å². The van der Waals surface area contributed by atoms with E-state index < -0.39 is 12.3 Å². The second-order valence-electron chi connectivity index (χ2n) is 2.46. The zero-order valence-electron chi connectivity index (χ0n) is 5.53. The highest BCUT2D eigenvalue weighted by molar-refractivity contribution is 4.77. The molecule has 0 spiro atoms. The Morgan fingerprint density at radius 3 is 2.80 bits per heavy atom. The Hall–Kier alpha value is -0.190. The van der Waals surface area contributed by atoms with Crippen LogP contribution in [0.5, 0.6) is 0 Å². The molecule has 60 valence electrons. The van der Waals surface area contributed by atoms with E-state index in [1.165, 1.54) is 0 Å². The second kappa shape index (κ2) is 3.27. The molecule has 0 bridgehead atoms. The van der Waals surface area contributed by atoms with Crippen LogP contribution in [0.3, 0.4) is 0 Å². The summed E-state index contributed by atoms with van der Waals surface area (Å²) >= 11 is 0. The van der Waals surface area contributed by atoms with Gasteiger partial charge >= 0.3 is 0 Å². The van der Waals surface area contributed by atoms with Crippen LogP contribution in [0.4, 0.5) is 4.39 Å². The van der Waals surface area contributed by atoms with Gasteiger partial charge in [-0.1, -0.05) is 0 Å². The fourth-order valence-corrected chi connectivity index (χ4v) is 0.951. The smallest absolute Gasteiger partial charge is 0.149 e. The van der Waals surface area contributed by atoms with E-state index in [4.69, 9.17) is 14.9 Å². The summed E-state index contributed by atoms with van der Waals surface area (Å²) in [6.45, 7) is -0.254. The summed E-state index contributed by atoms with van der Waals surface area (Å²) in [6.07, 6.45) is -2.45.